The molecule has 1 N–H and O–H groups in total. The number of β-amino-alcohol motifs (C(OH)–C–C–N with tert-alkyl or cyclic N) is 1. The molecule has 0 aromatic carbocycles. The molecule has 1 aliphatic heterocycles. The third-order valence-electron chi connectivity index (χ3n) is 3.54. The largest absolute Gasteiger partial charge is 0.389 e. The summed E-state index contributed by atoms with van der Waals surface area (Å²) in [5.41, 5.74) is 0. The Balaban J connectivity index is 2.17. The first-order valence-corrected chi connectivity index (χ1v) is 6.84. The molecule has 1 rings (SSSR count). The quantitative estimate of drug-likeness (QED) is 0.624. The van der Waals surface area contributed by atoms with Crippen molar-refractivity contribution in [2.45, 2.75) is 25.5 Å². The number of methoxy groups -OCH3 is 1. The minimum atomic E-state index is -0.400. The third-order valence-corrected chi connectivity index (χ3v) is 3.54. The number of hydrogen-bond acceptors (Lipinski definition) is 5. The van der Waals surface area contributed by atoms with Crippen LogP contribution >= 0.6 is 0 Å². The van der Waals surface area contributed by atoms with Crippen molar-refractivity contribution in [3.05, 3.63) is 0 Å². The first kappa shape index (κ1) is 15.9. The molecule has 0 spiro atoms. The van der Waals surface area contributed by atoms with Crippen LogP contribution < -0.4 is 0 Å². The van der Waals surface area contributed by atoms with Gasteiger partial charge < -0.3 is 19.5 Å². The molecule has 2 atom stereocenters. The monoisotopic (exact) mass is 260 g/mol. The Morgan fingerprint density at radius 3 is 2.78 bits per heavy atom. The van der Waals surface area contributed by atoms with Crippen LogP contribution in [0.25, 0.3) is 0 Å². The number of ether oxygens (including phenoxy) is 2. The third kappa shape index (κ3) is 5.63. The highest BCUT2D eigenvalue weighted by atomic mass is 16.5. The summed E-state index contributed by atoms with van der Waals surface area (Å²) in [6.07, 6.45) is 0.760. The van der Waals surface area contributed by atoms with Gasteiger partial charge in [0.2, 0.25) is 0 Å². The molecule has 5 nitrogen and oxygen atoms in total. The maximum absolute atomic E-state index is 9.90. The van der Waals surface area contributed by atoms with E-state index in [9.17, 15) is 5.11 Å². The number of hydrogen-bond donors (Lipinski definition) is 1. The van der Waals surface area contributed by atoms with Crippen molar-refractivity contribution in [3.63, 3.8) is 0 Å². The van der Waals surface area contributed by atoms with E-state index < -0.39 is 6.10 Å². The predicted octanol–water partition coefficient (Wildman–Crippen LogP) is 0.0363. The average Bonchev–Trinajstić information content (AvgIpc) is 2.37. The van der Waals surface area contributed by atoms with Gasteiger partial charge in [-0.05, 0) is 13.5 Å². The molecular weight excluding hydrogens is 232 g/mol. The van der Waals surface area contributed by atoms with Crippen LogP contribution in [0.5, 0.6) is 0 Å². The maximum Gasteiger partial charge on any atom is 0.0900 e. The predicted molar refractivity (Wildman–Crippen MR) is 71.9 cm³/mol. The summed E-state index contributed by atoms with van der Waals surface area (Å²) in [7, 11) is 3.82. The Morgan fingerprint density at radius 2 is 2.11 bits per heavy atom. The fourth-order valence-corrected chi connectivity index (χ4v) is 2.33. The van der Waals surface area contributed by atoms with Crippen molar-refractivity contribution in [2.24, 2.45) is 0 Å². The minimum absolute atomic E-state index is 0.395. The van der Waals surface area contributed by atoms with Crippen LogP contribution in [0, 0.1) is 0 Å². The van der Waals surface area contributed by atoms with E-state index in [1.54, 1.807) is 7.11 Å². The summed E-state index contributed by atoms with van der Waals surface area (Å²) >= 11 is 0. The summed E-state index contributed by atoms with van der Waals surface area (Å²) in [6.45, 7) is 7.60. The minimum Gasteiger partial charge on any atom is -0.389 e. The van der Waals surface area contributed by atoms with Crippen LogP contribution in [0.1, 0.15) is 13.3 Å². The molecule has 1 fully saturated rings. The molecule has 0 amide bonds. The molecular formula is C13H28N2O3. The SMILES string of the molecule is CCC1CN(CC(O)COCCOC)CCN1C. The highest BCUT2D eigenvalue weighted by Gasteiger charge is 2.24. The molecule has 108 valence electrons. The zero-order chi connectivity index (χ0) is 13.4. The number of rotatable bonds is 8. The zero-order valence-corrected chi connectivity index (χ0v) is 12.0. The van der Waals surface area contributed by atoms with Crippen LogP contribution in [0.15, 0.2) is 0 Å². The normalized spacial score (nSPS) is 24.3. The van der Waals surface area contributed by atoms with Crippen LogP contribution in [-0.4, -0.2) is 87.2 Å². The lowest BCUT2D eigenvalue weighted by atomic mass is 10.1. The van der Waals surface area contributed by atoms with Crippen LogP contribution in [0.3, 0.4) is 0 Å². The molecule has 0 bridgehead atoms. The first-order valence-electron chi connectivity index (χ1n) is 6.84. The van der Waals surface area contributed by atoms with Gasteiger partial charge in [0, 0.05) is 39.3 Å². The lowest BCUT2D eigenvalue weighted by Gasteiger charge is -2.39. The maximum atomic E-state index is 9.90. The molecule has 18 heavy (non-hydrogen) atoms. The number of nitrogens with zero attached hydrogens (tertiary/aromatic N) is 2. The molecule has 0 radical (unpaired) electrons. The van der Waals surface area contributed by atoms with Gasteiger partial charge in [-0.1, -0.05) is 6.92 Å². The highest BCUT2D eigenvalue weighted by molar-refractivity contribution is 4.80. The molecule has 0 aromatic heterocycles. The van der Waals surface area contributed by atoms with E-state index >= 15 is 0 Å². The van der Waals surface area contributed by atoms with Gasteiger partial charge >= 0.3 is 0 Å². The average molecular weight is 260 g/mol. The van der Waals surface area contributed by atoms with Crippen LogP contribution in [0.4, 0.5) is 0 Å². The molecule has 0 saturated carbocycles. The van der Waals surface area contributed by atoms with Crippen LogP contribution in [-0.2, 0) is 9.47 Å². The van der Waals surface area contributed by atoms with Gasteiger partial charge in [0.15, 0.2) is 0 Å². The smallest absolute Gasteiger partial charge is 0.0900 e. The van der Waals surface area contributed by atoms with E-state index in [4.69, 9.17) is 9.47 Å². The zero-order valence-electron chi connectivity index (χ0n) is 12.0. The van der Waals surface area contributed by atoms with Crippen molar-refractivity contribution in [1.29, 1.82) is 0 Å². The van der Waals surface area contributed by atoms with Gasteiger partial charge in [-0.2, -0.15) is 0 Å². The second-order valence-corrected chi connectivity index (χ2v) is 5.02. The standard InChI is InChI=1S/C13H28N2O3/c1-4-12-9-15(6-5-14(12)2)10-13(16)11-18-8-7-17-3/h12-13,16H,4-11H2,1-3H3. The van der Waals surface area contributed by atoms with Gasteiger partial charge in [-0.25, -0.2) is 0 Å². The molecule has 0 aliphatic carbocycles. The van der Waals surface area contributed by atoms with Gasteiger partial charge in [0.05, 0.1) is 25.9 Å². The fourth-order valence-electron chi connectivity index (χ4n) is 2.33. The topological polar surface area (TPSA) is 45.2 Å². The number of aliphatic hydroxyl groups excluding tert-OH is 1. The van der Waals surface area contributed by atoms with E-state index in [0.717, 1.165) is 26.1 Å². The highest BCUT2D eigenvalue weighted by Crippen LogP contribution is 2.10. The Labute approximate surface area is 111 Å². The van der Waals surface area contributed by atoms with E-state index in [1.807, 2.05) is 0 Å². The molecule has 2 unspecified atom stereocenters. The lowest BCUT2D eigenvalue weighted by molar-refractivity contribution is -0.0118. The summed E-state index contributed by atoms with van der Waals surface area (Å²) < 4.78 is 10.2. The summed E-state index contributed by atoms with van der Waals surface area (Å²) in [5, 5.41) is 9.90. The Hall–Kier alpha value is -0.200. The molecule has 1 saturated heterocycles. The van der Waals surface area contributed by atoms with Gasteiger partial charge in [-0.15, -0.1) is 0 Å². The van der Waals surface area contributed by atoms with Gasteiger partial charge in [0.1, 0.15) is 0 Å². The van der Waals surface area contributed by atoms with Gasteiger partial charge in [-0.3, -0.25) is 4.90 Å². The van der Waals surface area contributed by atoms with Crippen molar-refractivity contribution >= 4 is 0 Å². The Kier molecular flexibility index (Phi) is 7.77. The number of aliphatic hydroxyl groups is 1. The molecule has 5 heteroatoms. The summed E-state index contributed by atoms with van der Waals surface area (Å²) in [5.74, 6) is 0. The van der Waals surface area contributed by atoms with E-state index in [1.165, 1.54) is 0 Å². The summed E-state index contributed by atoms with van der Waals surface area (Å²) in [4.78, 5) is 4.73. The molecule has 1 aliphatic rings. The van der Waals surface area contributed by atoms with Crippen molar-refractivity contribution in [1.82, 2.24) is 9.80 Å². The molecule has 1 heterocycles. The van der Waals surface area contributed by atoms with E-state index in [0.29, 0.717) is 32.4 Å². The molecule has 0 aromatic rings. The second kappa shape index (κ2) is 8.82. The lowest BCUT2D eigenvalue weighted by Crippen LogP contribution is -2.53. The van der Waals surface area contributed by atoms with Crippen LogP contribution in [0.2, 0.25) is 0 Å². The fraction of sp³-hybridized carbons (Fsp3) is 1.00. The Morgan fingerprint density at radius 1 is 1.33 bits per heavy atom. The Bertz CT molecular complexity index is 216. The summed E-state index contributed by atoms with van der Waals surface area (Å²) in [6, 6.07) is 0.611. The van der Waals surface area contributed by atoms with Gasteiger partial charge in [0.25, 0.3) is 0 Å². The number of piperazine rings is 1. The van der Waals surface area contributed by atoms with E-state index in [-0.39, 0.29) is 0 Å². The van der Waals surface area contributed by atoms with E-state index in [2.05, 4.69) is 23.8 Å². The van der Waals surface area contributed by atoms with Crippen molar-refractivity contribution < 1.29 is 14.6 Å². The van der Waals surface area contributed by atoms with Crippen molar-refractivity contribution in [3.8, 4) is 0 Å². The number of likely N-dealkylation sites (N-methyl/N-ethyl adjacent to an activating group) is 1. The van der Waals surface area contributed by atoms with Crippen molar-refractivity contribution in [2.75, 3.05) is 60.2 Å². The first-order chi connectivity index (χ1) is 8.67. The second-order valence-electron chi connectivity index (χ2n) is 5.02.